The first kappa shape index (κ1) is 16.3. The van der Waals surface area contributed by atoms with E-state index in [0.717, 1.165) is 56.6 Å². The molecule has 1 aromatic carbocycles. The van der Waals surface area contributed by atoms with Crippen molar-refractivity contribution in [3.05, 3.63) is 24.3 Å². The lowest BCUT2D eigenvalue weighted by atomic mass is 9.82. The van der Waals surface area contributed by atoms with Crippen molar-refractivity contribution in [2.75, 3.05) is 23.3 Å². The van der Waals surface area contributed by atoms with Gasteiger partial charge >= 0.3 is 0 Å². The zero-order chi connectivity index (χ0) is 16.2. The predicted octanol–water partition coefficient (Wildman–Crippen LogP) is 3.41. The molecule has 2 fully saturated rings. The number of rotatable bonds is 3. The first-order chi connectivity index (χ1) is 11.1. The standard InChI is InChI=1S/C19H28N2O2/c1-14-5-4-6-15(13-14)19(23)20-17-7-2-3-8-18(17)21-11-9-16(22)10-12-21/h2-3,7-8,14-16,22H,4-6,9-13H2,1H3,(H,20,23). The monoisotopic (exact) mass is 316 g/mol. The highest BCUT2D eigenvalue weighted by Crippen LogP contribution is 2.32. The summed E-state index contributed by atoms with van der Waals surface area (Å²) in [6.45, 7) is 3.93. The zero-order valence-corrected chi connectivity index (χ0v) is 14.0. The van der Waals surface area contributed by atoms with Gasteiger partial charge in [0.05, 0.1) is 17.5 Å². The van der Waals surface area contributed by atoms with Gasteiger partial charge in [-0.2, -0.15) is 0 Å². The van der Waals surface area contributed by atoms with Crippen LogP contribution in [0.1, 0.15) is 45.4 Å². The van der Waals surface area contributed by atoms with E-state index in [0.29, 0.717) is 5.92 Å². The highest BCUT2D eigenvalue weighted by Gasteiger charge is 2.26. The molecule has 2 aliphatic rings. The van der Waals surface area contributed by atoms with Gasteiger partial charge in [-0.15, -0.1) is 0 Å². The van der Waals surface area contributed by atoms with Crippen molar-refractivity contribution >= 4 is 17.3 Å². The number of nitrogens with zero attached hydrogens (tertiary/aromatic N) is 1. The van der Waals surface area contributed by atoms with E-state index in [1.165, 1.54) is 6.42 Å². The summed E-state index contributed by atoms with van der Waals surface area (Å²) in [6, 6.07) is 8.04. The highest BCUT2D eigenvalue weighted by molar-refractivity contribution is 5.95. The number of carbonyl (C=O) groups excluding carboxylic acids is 1. The average molecular weight is 316 g/mol. The van der Waals surface area contributed by atoms with E-state index < -0.39 is 0 Å². The Hall–Kier alpha value is -1.55. The van der Waals surface area contributed by atoms with E-state index >= 15 is 0 Å². The van der Waals surface area contributed by atoms with Gasteiger partial charge in [0.25, 0.3) is 0 Å². The van der Waals surface area contributed by atoms with Gasteiger partial charge in [-0.25, -0.2) is 0 Å². The fourth-order valence-corrected chi connectivity index (χ4v) is 3.87. The Kier molecular flexibility index (Phi) is 5.21. The Morgan fingerprint density at radius 2 is 1.91 bits per heavy atom. The van der Waals surface area contributed by atoms with E-state index in [4.69, 9.17) is 0 Å². The van der Waals surface area contributed by atoms with Crippen LogP contribution in [0.25, 0.3) is 0 Å². The number of para-hydroxylation sites is 2. The fraction of sp³-hybridized carbons (Fsp3) is 0.632. The third-order valence-electron chi connectivity index (χ3n) is 5.27. The molecule has 2 unspecified atom stereocenters. The van der Waals surface area contributed by atoms with Gasteiger partial charge in [-0.05, 0) is 43.7 Å². The van der Waals surface area contributed by atoms with Crippen LogP contribution in [0, 0.1) is 11.8 Å². The molecule has 0 radical (unpaired) electrons. The molecule has 23 heavy (non-hydrogen) atoms. The van der Waals surface area contributed by atoms with Crippen molar-refractivity contribution < 1.29 is 9.90 Å². The largest absolute Gasteiger partial charge is 0.393 e. The predicted molar refractivity (Wildman–Crippen MR) is 93.6 cm³/mol. The quantitative estimate of drug-likeness (QED) is 0.898. The number of hydrogen-bond acceptors (Lipinski definition) is 3. The normalized spacial score (nSPS) is 26.1. The Balaban J connectivity index is 1.69. The van der Waals surface area contributed by atoms with Crippen LogP contribution in [0.3, 0.4) is 0 Å². The van der Waals surface area contributed by atoms with Crippen LogP contribution in [-0.4, -0.2) is 30.2 Å². The van der Waals surface area contributed by atoms with Crippen molar-refractivity contribution in [1.82, 2.24) is 0 Å². The zero-order valence-electron chi connectivity index (χ0n) is 14.0. The molecular weight excluding hydrogens is 288 g/mol. The Morgan fingerprint density at radius 3 is 2.65 bits per heavy atom. The van der Waals surface area contributed by atoms with Crippen LogP contribution in [0.2, 0.25) is 0 Å². The van der Waals surface area contributed by atoms with Crippen LogP contribution in [0.15, 0.2) is 24.3 Å². The number of benzene rings is 1. The van der Waals surface area contributed by atoms with E-state index in [1.807, 2.05) is 18.2 Å². The molecule has 1 saturated carbocycles. The van der Waals surface area contributed by atoms with Gasteiger partial charge in [0.1, 0.15) is 0 Å². The Labute approximate surface area is 138 Å². The number of piperidine rings is 1. The van der Waals surface area contributed by atoms with Crippen LogP contribution in [0.5, 0.6) is 0 Å². The van der Waals surface area contributed by atoms with Crippen molar-refractivity contribution in [1.29, 1.82) is 0 Å². The number of hydrogen-bond donors (Lipinski definition) is 2. The number of aliphatic hydroxyl groups is 1. The summed E-state index contributed by atoms with van der Waals surface area (Å²) >= 11 is 0. The average Bonchev–Trinajstić information content (AvgIpc) is 2.56. The van der Waals surface area contributed by atoms with Crippen molar-refractivity contribution in [2.45, 2.75) is 51.6 Å². The first-order valence-corrected chi connectivity index (χ1v) is 8.96. The number of anilines is 2. The first-order valence-electron chi connectivity index (χ1n) is 8.96. The molecule has 1 aliphatic carbocycles. The van der Waals surface area contributed by atoms with Crippen molar-refractivity contribution in [2.24, 2.45) is 11.8 Å². The van der Waals surface area contributed by atoms with Crippen molar-refractivity contribution in [3.8, 4) is 0 Å². The summed E-state index contributed by atoms with van der Waals surface area (Å²) in [7, 11) is 0. The molecule has 3 rings (SSSR count). The molecule has 0 aromatic heterocycles. The summed E-state index contributed by atoms with van der Waals surface area (Å²) in [5, 5.41) is 12.9. The second-order valence-electron chi connectivity index (χ2n) is 7.19. The highest BCUT2D eigenvalue weighted by atomic mass is 16.3. The lowest BCUT2D eigenvalue weighted by Gasteiger charge is -2.33. The third-order valence-corrected chi connectivity index (χ3v) is 5.27. The summed E-state index contributed by atoms with van der Waals surface area (Å²) in [4.78, 5) is 14.9. The maximum absolute atomic E-state index is 12.6. The lowest BCUT2D eigenvalue weighted by Crippen LogP contribution is -2.36. The van der Waals surface area contributed by atoms with Gasteiger partial charge in [0.2, 0.25) is 5.91 Å². The molecule has 4 nitrogen and oxygen atoms in total. The lowest BCUT2D eigenvalue weighted by molar-refractivity contribution is -0.121. The minimum absolute atomic E-state index is 0.148. The van der Waals surface area contributed by atoms with E-state index in [-0.39, 0.29) is 17.9 Å². The minimum atomic E-state index is -0.184. The third kappa shape index (κ3) is 4.05. The molecule has 1 amide bonds. The van der Waals surface area contributed by atoms with Gasteiger partial charge in [-0.1, -0.05) is 31.9 Å². The summed E-state index contributed by atoms with van der Waals surface area (Å²) in [5.41, 5.74) is 1.99. The van der Waals surface area contributed by atoms with Gasteiger partial charge in [0.15, 0.2) is 0 Å². The SMILES string of the molecule is CC1CCCC(C(=O)Nc2ccccc2N2CCC(O)CC2)C1. The van der Waals surface area contributed by atoms with Crippen LogP contribution in [0.4, 0.5) is 11.4 Å². The van der Waals surface area contributed by atoms with Gasteiger partial charge < -0.3 is 15.3 Å². The van der Waals surface area contributed by atoms with Crippen LogP contribution in [-0.2, 0) is 4.79 Å². The minimum Gasteiger partial charge on any atom is -0.393 e. The van der Waals surface area contributed by atoms with Crippen molar-refractivity contribution in [3.63, 3.8) is 0 Å². The second-order valence-corrected chi connectivity index (χ2v) is 7.19. The van der Waals surface area contributed by atoms with E-state index in [9.17, 15) is 9.90 Å². The van der Waals surface area contributed by atoms with Gasteiger partial charge in [0, 0.05) is 19.0 Å². The maximum atomic E-state index is 12.6. The van der Waals surface area contributed by atoms with Crippen LogP contribution < -0.4 is 10.2 Å². The summed E-state index contributed by atoms with van der Waals surface area (Å²) in [5.74, 6) is 0.967. The van der Waals surface area contributed by atoms with E-state index in [1.54, 1.807) is 0 Å². The second kappa shape index (κ2) is 7.35. The molecule has 0 bridgehead atoms. The fourth-order valence-electron chi connectivity index (χ4n) is 3.87. The maximum Gasteiger partial charge on any atom is 0.227 e. The number of aliphatic hydroxyl groups excluding tert-OH is 1. The molecule has 0 spiro atoms. The summed E-state index contributed by atoms with van der Waals surface area (Å²) < 4.78 is 0. The molecule has 1 aliphatic heterocycles. The number of amides is 1. The number of carbonyl (C=O) groups is 1. The number of nitrogens with one attached hydrogen (secondary N) is 1. The van der Waals surface area contributed by atoms with Gasteiger partial charge in [-0.3, -0.25) is 4.79 Å². The molecule has 126 valence electrons. The summed E-state index contributed by atoms with van der Waals surface area (Å²) in [6.07, 6.45) is 5.82. The van der Waals surface area contributed by atoms with Crippen LogP contribution >= 0.6 is 0 Å². The topological polar surface area (TPSA) is 52.6 Å². The Bertz CT molecular complexity index is 538. The Morgan fingerprint density at radius 1 is 1.17 bits per heavy atom. The molecule has 1 aromatic rings. The smallest absolute Gasteiger partial charge is 0.227 e. The molecule has 2 N–H and O–H groups in total. The van der Waals surface area contributed by atoms with E-state index in [2.05, 4.69) is 23.2 Å². The molecular formula is C19H28N2O2. The molecule has 1 heterocycles. The molecule has 2 atom stereocenters. The molecule has 1 saturated heterocycles. The molecule has 4 heteroatoms.